The molecule has 0 aromatic heterocycles. The van der Waals surface area contributed by atoms with Crippen molar-refractivity contribution in [2.24, 2.45) is 0 Å². The molecule has 0 heterocycles. The van der Waals surface area contributed by atoms with Gasteiger partial charge in [0.2, 0.25) is 11.8 Å². The number of halogens is 3. The molecule has 11 heteroatoms. The lowest BCUT2D eigenvalue weighted by Gasteiger charge is -2.13. The molecule has 30 heavy (non-hydrogen) atoms. The van der Waals surface area contributed by atoms with E-state index in [9.17, 15) is 32.3 Å². The molecule has 0 aliphatic rings. The molecule has 2 aromatic rings. The lowest BCUT2D eigenvalue weighted by molar-refractivity contribution is -0.137. The smallest absolute Gasteiger partial charge is 0.339 e. The Morgan fingerprint density at radius 1 is 0.800 bits per heavy atom. The molecule has 4 N–H and O–H groups in total. The average Bonchev–Trinajstić information content (AvgIpc) is 2.66. The first-order chi connectivity index (χ1) is 14.1. The van der Waals surface area contributed by atoms with Crippen LogP contribution in [0.4, 0.5) is 30.2 Å². The van der Waals surface area contributed by atoms with Crippen LogP contribution in [0.3, 0.4) is 0 Å². The minimum Gasteiger partial charge on any atom is -0.339 e. The van der Waals surface area contributed by atoms with Gasteiger partial charge in [0.05, 0.1) is 17.8 Å². The van der Waals surface area contributed by atoms with Crippen LogP contribution in [0.2, 0.25) is 0 Å². The Morgan fingerprint density at radius 2 is 1.37 bits per heavy atom. The fourth-order valence-corrected chi connectivity index (χ4v) is 2.30. The van der Waals surface area contributed by atoms with Crippen LogP contribution in [-0.4, -0.2) is 30.2 Å². The molecule has 8 nitrogen and oxygen atoms in total. The summed E-state index contributed by atoms with van der Waals surface area (Å²) in [6.07, 6.45) is -4.66. The summed E-state index contributed by atoms with van der Waals surface area (Å²) in [7, 11) is 0. The van der Waals surface area contributed by atoms with Gasteiger partial charge < -0.3 is 21.3 Å². The van der Waals surface area contributed by atoms with Crippen molar-refractivity contribution < 1.29 is 32.3 Å². The first kappa shape index (κ1) is 22.4. The fourth-order valence-electron chi connectivity index (χ4n) is 2.30. The van der Waals surface area contributed by atoms with Crippen molar-refractivity contribution in [3.8, 4) is 0 Å². The second-order valence-electron chi connectivity index (χ2n) is 5.99. The third kappa shape index (κ3) is 6.62. The summed E-state index contributed by atoms with van der Waals surface area (Å²) in [5, 5.41) is 8.87. The van der Waals surface area contributed by atoms with E-state index < -0.39 is 41.7 Å². The van der Waals surface area contributed by atoms with Crippen LogP contribution in [0, 0.1) is 0 Å². The number of amides is 4. The van der Waals surface area contributed by atoms with Crippen molar-refractivity contribution >= 4 is 40.7 Å². The summed E-state index contributed by atoms with van der Waals surface area (Å²) in [6.45, 7) is 0.623. The largest absolute Gasteiger partial charge is 0.418 e. The fraction of sp³-hybridized carbons (Fsp3) is 0.158. The van der Waals surface area contributed by atoms with Gasteiger partial charge in [0, 0.05) is 18.3 Å². The summed E-state index contributed by atoms with van der Waals surface area (Å²) in [4.78, 5) is 46.5. The molecule has 0 aliphatic heterocycles. The molecule has 0 bridgehead atoms. The Morgan fingerprint density at radius 3 is 1.93 bits per heavy atom. The van der Waals surface area contributed by atoms with E-state index >= 15 is 0 Å². The standard InChI is InChI=1S/C19H17F3N4O4/c1-11(27)24-12-6-8-13(9-7-12)25-18(30)17(29)23-10-16(28)26-15-5-3-2-4-14(15)19(20,21)22/h2-9H,10H2,1H3,(H,23,29)(H,24,27)(H,25,30)(H,26,28). The van der Waals surface area contributed by atoms with Crippen LogP contribution < -0.4 is 21.3 Å². The van der Waals surface area contributed by atoms with Gasteiger partial charge in [-0.3, -0.25) is 19.2 Å². The number of carbonyl (C=O) groups is 4. The Bertz CT molecular complexity index is 959. The maximum Gasteiger partial charge on any atom is 0.418 e. The van der Waals surface area contributed by atoms with Gasteiger partial charge in [0.15, 0.2) is 0 Å². The number of benzene rings is 2. The molecule has 0 fully saturated rings. The average molecular weight is 422 g/mol. The van der Waals surface area contributed by atoms with Gasteiger partial charge >= 0.3 is 18.0 Å². The van der Waals surface area contributed by atoms with E-state index in [0.29, 0.717) is 5.69 Å². The van der Waals surface area contributed by atoms with E-state index in [0.717, 1.165) is 12.1 Å². The monoisotopic (exact) mass is 422 g/mol. The van der Waals surface area contributed by atoms with E-state index in [-0.39, 0.29) is 11.6 Å². The van der Waals surface area contributed by atoms with Gasteiger partial charge in [-0.2, -0.15) is 13.2 Å². The zero-order valence-corrected chi connectivity index (χ0v) is 15.6. The summed E-state index contributed by atoms with van der Waals surface area (Å²) in [5.41, 5.74) is -0.758. The number of nitrogens with one attached hydrogen (secondary N) is 4. The minimum atomic E-state index is -4.66. The highest BCUT2D eigenvalue weighted by atomic mass is 19.4. The van der Waals surface area contributed by atoms with Gasteiger partial charge in [-0.15, -0.1) is 0 Å². The molecule has 158 valence electrons. The van der Waals surface area contributed by atoms with Crippen molar-refractivity contribution in [2.75, 3.05) is 22.5 Å². The molecule has 4 amide bonds. The highest BCUT2D eigenvalue weighted by molar-refractivity contribution is 6.39. The van der Waals surface area contributed by atoms with Crippen LogP contribution in [0.15, 0.2) is 48.5 Å². The Hall–Kier alpha value is -3.89. The molecule has 0 atom stereocenters. The Balaban J connectivity index is 1.87. The van der Waals surface area contributed by atoms with E-state index in [1.54, 1.807) is 0 Å². The molecular formula is C19H17F3N4O4. The van der Waals surface area contributed by atoms with Gasteiger partial charge in [-0.05, 0) is 36.4 Å². The predicted octanol–water partition coefficient (Wildman–Crippen LogP) is 2.36. The van der Waals surface area contributed by atoms with Gasteiger partial charge in [-0.1, -0.05) is 12.1 Å². The van der Waals surface area contributed by atoms with Crippen LogP contribution >= 0.6 is 0 Å². The molecule has 2 aromatic carbocycles. The van der Waals surface area contributed by atoms with Crippen molar-refractivity contribution in [1.82, 2.24) is 5.32 Å². The molecule has 2 rings (SSSR count). The summed E-state index contributed by atoms with van der Waals surface area (Å²) < 4.78 is 38.8. The molecule has 0 radical (unpaired) electrons. The van der Waals surface area contributed by atoms with E-state index in [4.69, 9.17) is 0 Å². The molecule has 0 saturated carbocycles. The second kappa shape index (κ2) is 9.54. The van der Waals surface area contributed by atoms with Crippen molar-refractivity contribution in [3.05, 3.63) is 54.1 Å². The minimum absolute atomic E-state index is 0.257. The number of para-hydroxylation sites is 1. The first-order valence-corrected chi connectivity index (χ1v) is 8.49. The summed E-state index contributed by atoms with van der Waals surface area (Å²) in [5.74, 6) is -3.44. The molecule has 0 spiro atoms. The van der Waals surface area contributed by atoms with E-state index in [1.165, 1.54) is 43.3 Å². The summed E-state index contributed by atoms with van der Waals surface area (Å²) >= 11 is 0. The number of anilines is 3. The lowest BCUT2D eigenvalue weighted by Crippen LogP contribution is -2.40. The van der Waals surface area contributed by atoms with Crippen molar-refractivity contribution in [1.29, 1.82) is 0 Å². The van der Waals surface area contributed by atoms with Crippen LogP contribution in [0.5, 0.6) is 0 Å². The van der Waals surface area contributed by atoms with Crippen molar-refractivity contribution in [3.63, 3.8) is 0 Å². The normalized spacial score (nSPS) is 10.7. The maximum absolute atomic E-state index is 12.9. The predicted molar refractivity (Wildman–Crippen MR) is 102 cm³/mol. The van der Waals surface area contributed by atoms with E-state index in [1.807, 2.05) is 10.6 Å². The number of hydrogen-bond acceptors (Lipinski definition) is 4. The topological polar surface area (TPSA) is 116 Å². The Labute approximate surface area is 168 Å². The second-order valence-corrected chi connectivity index (χ2v) is 5.99. The number of carbonyl (C=O) groups excluding carboxylic acids is 4. The number of rotatable bonds is 5. The van der Waals surface area contributed by atoms with E-state index in [2.05, 4.69) is 10.6 Å². The Kier molecular flexibility index (Phi) is 7.13. The van der Waals surface area contributed by atoms with Crippen LogP contribution in [0.1, 0.15) is 12.5 Å². The highest BCUT2D eigenvalue weighted by Gasteiger charge is 2.33. The van der Waals surface area contributed by atoms with Gasteiger partial charge in [-0.25, -0.2) is 0 Å². The number of hydrogen-bond donors (Lipinski definition) is 4. The number of alkyl halides is 3. The molecular weight excluding hydrogens is 405 g/mol. The van der Waals surface area contributed by atoms with Crippen LogP contribution in [-0.2, 0) is 25.4 Å². The quantitative estimate of drug-likeness (QED) is 0.554. The molecule has 0 saturated heterocycles. The first-order valence-electron chi connectivity index (χ1n) is 8.49. The third-order valence-corrected chi connectivity index (χ3v) is 3.59. The van der Waals surface area contributed by atoms with Gasteiger partial charge in [0.25, 0.3) is 0 Å². The molecule has 0 aliphatic carbocycles. The zero-order chi connectivity index (χ0) is 22.3. The van der Waals surface area contributed by atoms with Crippen molar-refractivity contribution in [2.45, 2.75) is 13.1 Å². The highest BCUT2D eigenvalue weighted by Crippen LogP contribution is 2.34. The SMILES string of the molecule is CC(=O)Nc1ccc(NC(=O)C(=O)NCC(=O)Nc2ccccc2C(F)(F)F)cc1. The lowest BCUT2D eigenvalue weighted by atomic mass is 10.1. The van der Waals surface area contributed by atoms with Gasteiger partial charge in [0.1, 0.15) is 0 Å². The maximum atomic E-state index is 12.9. The summed E-state index contributed by atoms with van der Waals surface area (Å²) in [6, 6.07) is 10.2. The van der Waals surface area contributed by atoms with Crippen LogP contribution in [0.25, 0.3) is 0 Å². The molecule has 0 unspecified atom stereocenters. The zero-order valence-electron chi connectivity index (χ0n) is 15.6. The third-order valence-electron chi connectivity index (χ3n) is 3.59.